The van der Waals surface area contributed by atoms with E-state index < -0.39 is 24.0 Å². The number of amides is 1. The van der Waals surface area contributed by atoms with Crippen LogP contribution in [-0.4, -0.2) is 27.9 Å². The van der Waals surface area contributed by atoms with E-state index in [0.717, 1.165) is 5.56 Å². The van der Waals surface area contributed by atoms with E-state index in [4.69, 9.17) is 11.6 Å². The third-order valence-corrected chi connectivity index (χ3v) is 5.35. The summed E-state index contributed by atoms with van der Waals surface area (Å²) in [5.41, 5.74) is 1.49. The molecule has 1 saturated carbocycles. The first-order valence-electron chi connectivity index (χ1n) is 8.91. The van der Waals surface area contributed by atoms with Crippen molar-refractivity contribution in [2.45, 2.75) is 51.4 Å². The third-order valence-electron chi connectivity index (χ3n) is 4.97. The van der Waals surface area contributed by atoms with Crippen LogP contribution in [0.5, 0.6) is 0 Å². The molecule has 1 aromatic carbocycles. The Labute approximate surface area is 160 Å². The smallest absolute Gasteiger partial charge is 0.349 e. The van der Waals surface area contributed by atoms with E-state index in [2.05, 4.69) is 10.4 Å². The number of nitrogens with one attached hydrogen (secondary N) is 1. The van der Waals surface area contributed by atoms with Crippen LogP contribution >= 0.6 is 11.6 Å². The van der Waals surface area contributed by atoms with Gasteiger partial charge in [-0.15, -0.1) is 0 Å². The molecule has 1 aliphatic rings. The molecule has 0 saturated heterocycles. The highest BCUT2D eigenvalue weighted by Gasteiger charge is 2.46. The molecule has 3 rings (SSSR count). The Morgan fingerprint density at radius 3 is 2.59 bits per heavy atom. The maximum atomic E-state index is 13.3. The Morgan fingerprint density at radius 1 is 1.26 bits per heavy atom. The number of carbonyl (C=O) groups excluding carboxylic acids is 1. The van der Waals surface area contributed by atoms with Crippen molar-refractivity contribution in [3.63, 3.8) is 0 Å². The zero-order chi connectivity index (χ0) is 19.6. The van der Waals surface area contributed by atoms with Gasteiger partial charge in [-0.2, -0.15) is 18.3 Å². The number of halogens is 4. The number of hydrogen-bond acceptors (Lipinski definition) is 2. The van der Waals surface area contributed by atoms with E-state index in [1.807, 2.05) is 30.3 Å². The summed E-state index contributed by atoms with van der Waals surface area (Å²) >= 11 is 6.34. The average Bonchev–Trinajstić information content (AvgIpc) is 2.89. The molecule has 1 aliphatic carbocycles. The van der Waals surface area contributed by atoms with Crippen LogP contribution in [0.15, 0.2) is 30.3 Å². The van der Waals surface area contributed by atoms with E-state index in [1.165, 1.54) is 4.68 Å². The van der Waals surface area contributed by atoms with E-state index in [-0.39, 0.29) is 17.1 Å². The second-order valence-electron chi connectivity index (χ2n) is 6.91. The quantitative estimate of drug-likeness (QED) is 0.806. The van der Waals surface area contributed by atoms with Crippen molar-refractivity contribution in [2.75, 3.05) is 0 Å². The number of nitrogens with zero attached hydrogens (tertiary/aromatic N) is 2. The van der Waals surface area contributed by atoms with Gasteiger partial charge in [-0.25, -0.2) is 4.68 Å². The van der Waals surface area contributed by atoms with Crippen molar-refractivity contribution in [3.05, 3.63) is 52.3 Å². The number of carbonyl (C=O) groups is 1. The van der Waals surface area contributed by atoms with Gasteiger partial charge >= 0.3 is 6.18 Å². The van der Waals surface area contributed by atoms with Crippen molar-refractivity contribution in [2.24, 2.45) is 5.92 Å². The molecule has 0 spiro atoms. The van der Waals surface area contributed by atoms with Gasteiger partial charge < -0.3 is 5.32 Å². The molecule has 0 bridgehead atoms. The number of aromatic nitrogens is 2. The summed E-state index contributed by atoms with van der Waals surface area (Å²) in [5, 5.41) is 6.98. The molecule has 4 nitrogen and oxygen atoms in total. The topological polar surface area (TPSA) is 46.9 Å². The molecule has 0 radical (unpaired) electrons. The standard InChI is InChI=1S/C19H21ClF3N3O/c1-12-16(17(20)26(25-12)11-13-7-3-2-4-8-13)18(27)24-15-10-6-5-9-14(15)19(21,22)23/h2-4,7-8,14-15H,5-6,9-11H2,1H3,(H,24,27). The minimum absolute atomic E-state index is 0.0361. The van der Waals surface area contributed by atoms with Gasteiger partial charge in [0, 0.05) is 6.04 Å². The van der Waals surface area contributed by atoms with Gasteiger partial charge in [-0.1, -0.05) is 54.8 Å². The Balaban J connectivity index is 1.78. The van der Waals surface area contributed by atoms with E-state index in [9.17, 15) is 18.0 Å². The Morgan fingerprint density at radius 2 is 1.93 bits per heavy atom. The van der Waals surface area contributed by atoms with E-state index >= 15 is 0 Å². The Hall–Kier alpha value is -2.02. The maximum Gasteiger partial charge on any atom is 0.393 e. The van der Waals surface area contributed by atoms with Crippen LogP contribution in [-0.2, 0) is 6.54 Å². The summed E-state index contributed by atoms with van der Waals surface area (Å²) in [7, 11) is 0. The van der Waals surface area contributed by atoms with E-state index in [1.54, 1.807) is 6.92 Å². The van der Waals surface area contributed by atoms with Gasteiger partial charge in [0.05, 0.1) is 23.7 Å². The zero-order valence-electron chi connectivity index (χ0n) is 14.9. The van der Waals surface area contributed by atoms with Crippen molar-refractivity contribution in [1.29, 1.82) is 0 Å². The van der Waals surface area contributed by atoms with Crippen LogP contribution in [0.25, 0.3) is 0 Å². The van der Waals surface area contributed by atoms with Gasteiger partial charge in [-0.05, 0) is 25.3 Å². The predicted molar refractivity (Wildman–Crippen MR) is 96.8 cm³/mol. The molecule has 146 valence electrons. The maximum absolute atomic E-state index is 13.3. The van der Waals surface area contributed by atoms with Crippen LogP contribution in [0.4, 0.5) is 13.2 Å². The molecule has 1 heterocycles. The normalized spacial score (nSPS) is 20.5. The number of aryl methyl sites for hydroxylation is 1. The summed E-state index contributed by atoms with van der Waals surface area (Å²) in [4.78, 5) is 12.7. The average molecular weight is 400 g/mol. The predicted octanol–water partition coefficient (Wildman–Crippen LogP) is 4.74. The lowest BCUT2D eigenvalue weighted by Gasteiger charge is -2.33. The minimum Gasteiger partial charge on any atom is -0.349 e. The van der Waals surface area contributed by atoms with Gasteiger partial charge in [0.2, 0.25) is 0 Å². The summed E-state index contributed by atoms with van der Waals surface area (Å²) < 4.78 is 41.3. The molecular weight excluding hydrogens is 379 g/mol. The molecule has 2 atom stereocenters. The summed E-state index contributed by atoms with van der Waals surface area (Å²) in [6, 6.07) is 8.53. The summed E-state index contributed by atoms with van der Waals surface area (Å²) in [6.45, 7) is 2.01. The van der Waals surface area contributed by atoms with Crippen molar-refractivity contribution >= 4 is 17.5 Å². The van der Waals surface area contributed by atoms with Gasteiger partial charge in [-0.3, -0.25) is 4.79 Å². The van der Waals surface area contributed by atoms with E-state index in [0.29, 0.717) is 31.5 Å². The van der Waals surface area contributed by atoms with Gasteiger partial charge in [0.25, 0.3) is 5.91 Å². The molecule has 1 fully saturated rings. The molecule has 1 amide bonds. The highest BCUT2D eigenvalue weighted by atomic mass is 35.5. The van der Waals surface area contributed by atoms with Crippen LogP contribution in [0, 0.1) is 12.8 Å². The minimum atomic E-state index is -4.32. The van der Waals surface area contributed by atoms with Crippen LogP contribution < -0.4 is 5.32 Å². The number of rotatable bonds is 4. The lowest BCUT2D eigenvalue weighted by Crippen LogP contribution is -2.47. The second-order valence-corrected chi connectivity index (χ2v) is 7.26. The zero-order valence-corrected chi connectivity index (χ0v) is 15.6. The molecule has 1 aromatic heterocycles. The first-order chi connectivity index (χ1) is 12.8. The lowest BCUT2D eigenvalue weighted by molar-refractivity contribution is -0.187. The monoisotopic (exact) mass is 399 g/mol. The fraction of sp³-hybridized carbons (Fsp3) is 0.474. The number of hydrogen-bond donors (Lipinski definition) is 1. The molecule has 2 unspecified atom stereocenters. The van der Waals surface area contributed by atoms with Crippen LogP contribution in [0.3, 0.4) is 0 Å². The summed E-state index contributed by atoms with van der Waals surface area (Å²) in [6.07, 6.45) is -2.79. The molecule has 8 heteroatoms. The highest BCUT2D eigenvalue weighted by Crippen LogP contribution is 2.38. The molecule has 1 N–H and O–H groups in total. The molecule has 0 aliphatic heterocycles. The highest BCUT2D eigenvalue weighted by molar-refractivity contribution is 6.33. The number of alkyl halides is 3. The summed E-state index contributed by atoms with van der Waals surface area (Å²) in [5.74, 6) is -2.12. The lowest BCUT2D eigenvalue weighted by atomic mass is 9.84. The molecule has 27 heavy (non-hydrogen) atoms. The first kappa shape index (κ1) is 19.7. The van der Waals surface area contributed by atoms with Crippen LogP contribution in [0.1, 0.15) is 47.3 Å². The van der Waals surface area contributed by atoms with Crippen molar-refractivity contribution in [3.8, 4) is 0 Å². The largest absolute Gasteiger partial charge is 0.393 e. The second kappa shape index (κ2) is 7.92. The van der Waals surface area contributed by atoms with Gasteiger partial charge in [0.1, 0.15) is 5.15 Å². The molecular formula is C19H21ClF3N3O. The third kappa shape index (κ3) is 4.46. The Kier molecular flexibility index (Phi) is 5.79. The fourth-order valence-electron chi connectivity index (χ4n) is 3.61. The van der Waals surface area contributed by atoms with Crippen LogP contribution in [0.2, 0.25) is 5.15 Å². The fourth-order valence-corrected chi connectivity index (χ4v) is 3.93. The SMILES string of the molecule is Cc1nn(Cc2ccccc2)c(Cl)c1C(=O)NC1CCCCC1C(F)(F)F. The first-order valence-corrected chi connectivity index (χ1v) is 9.29. The van der Waals surface area contributed by atoms with Crippen molar-refractivity contribution < 1.29 is 18.0 Å². The number of benzene rings is 1. The Bertz CT molecular complexity index is 805. The van der Waals surface area contributed by atoms with Gasteiger partial charge in [0.15, 0.2) is 0 Å². The molecule has 2 aromatic rings. The van der Waals surface area contributed by atoms with Crippen molar-refractivity contribution in [1.82, 2.24) is 15.1 Å².